The van der Waals surface area contributed by atoms with Crippen LogP contribution in [-0.2, 0) is 14.8 Å². The van der Waals surface area contributed by atoms with Crippen LogP contribution in [0.15, 0.2) is 23.1 Å². The lowest BCUT2D eigenvalue weighted by Crippen LogP contribution is -2.40. The first-order valence-corrected chi connectivity index (χ1v) is 11.2. The van der Waals surface area contributed by atoms with Gasteiger partial charge in [-0.25, -0.2) is 8.42 Å². The molecule has 8 heteroatoms. The standard InChI is InChI=1S/C19H29N3O4S/c1-3-26-17-7-6-16(21-19(23)15-8-9-20-14(2)12-15)13-18(17)27(24,25)22-10-4-5-11-22/h6-7,13-15,20H,3-5,8-12H2,1-2H3,(H,21,23)/t14-,15-/m0/s1. The Hall–Kier alpha value is -1.64. The topological polar surface area (TPSA) is 87.7 Å². The van der Waals surface area contributed by atoms with Crippen molar-refractivity contribution in [2.24, 2.45) is 5.92 Å². The summed E-state index contributed by atoms with van der Waals surface area (Å²) in [6.45, 7) is 6.13. The van der Waals surface area contributed by atoms with Crippen molar-refractivity contribution in [2.75, 3.05) is 31.6 Å². The number of carbonyl (C=O) groups is 1. The summed E-state index contributed by atoms with van der Waals surface area (Å²) in [5.41, 5.74) is 0.493. The fourth-order valence-corrected chi connectivity index (χ4v) is 5.42. The number of sulfonamides is 1. The molecule has 2 N–H and O–H groups in total. The molecule has 2 aliphatic rings. The lowest BCUT2D eigenvalue weighted by Gasteiger charge is -2.27. The molecule has 150 valence electrons. The highest BCUT2D eigenvalue weighted by Crippen LogP contribution is 2.32. The molecule has 2 fully saturated rings. The normalized spacial score (nSPS) is 23.9. The molecule has 0 bridgehead atoms. The number of hydrogen-bond acceptors (Lipinski definition) is 5. The average Bonchev–Trinajstić information content (AvgIpc) is 3.18. The second-order valence-corrected chi connectivity index (χ2v) is 9.18. The number of benzene rings is 1. The van der Waals surface area contributed by atoms with E-state index in [4.69, 9.17) is 4.74 Å². The smallest absolute Gasteiger partial charge is 0.246 e. The molecule has 3 rings (SSSR count). The van der Waals surface area contributed by atoms with Crippen molar-refractivity contribution in [3.05, 3.63) is 18.2 Å². The maximum absolute atomic E-state index is 13.0. The predicted molar refractivity (Wildman–Crippen MR) is 104 cm³/mol. The van der Waals surface area contributed by atoms with Gasteiger partial charge in [-0.05, 0) is 64.3 Å². The van der Waals surface area contributed by atoms with Gasteiger partial charge in [0.1, 0.15) is 10.6 Å². The van der Waals surface area contributed by atoms with Crippen LogP contribution in [0.25, 0.3) is 0 Å². The summed E-state index contributed by atoms with van der Waals surface area (Å²) in [4.78, 5) is 12.7. The van der Waals surface area contributed by atoms with Gasteiger partial charge in [0.2, 0.25) is 15.9 Å². The Morgan fingerprint density at radius 1 is 1.33 bits per heavy atom. The predicted octanol–water partition coefficient (Wildman–Crippen LogP) is 2.20. The van der Waals surface area contributed by atoms with E-state index in [9.17, 15) is 13.2 Å². The molecule has 0 aliphatic carbocycles. The molecule has 0 radical (unpaired) electrons. The number of ether oxygens (including phenoxy) is 1. The quantitative estimate of drug-likeness (QED) is 0.771. The van der Waals surface area contributed by atoms with Gasteiger partial charge >= 0.3 is 0 Å². The van der Waals surface area contributed by atoms with Crippen LogP contribution in [0.1, 0.15) is 39.5 Å². The van der Waals surface area contributed by atoms with Crippen molar-refractivity contribution in [3.63, 3.8) is 0 Å². The summed E-state index contributed by atoms with van der Waals surface area (Å²) in [6.07, 6.45) is 3.30. The molecule has 2 heterocycles. The minimum Gasteiger partial charge on any atom is -0.492 e. The molecule has 1 aromatic carbocycles. The average molecular weight is 396 g/mol. The highest BCUT2D eigenvalue weighted by atomic mass is 32.2. The maximum atomic E-state index is 13.0. The van der Waals surface area contributed by atoms with Crippen LogP contribution in [0.5, 0.6) is 5.75 Å². The second-order valence-electron chi connectivity index (χ2n) is 7.27. The summed E-state index contributed by atoms with van der Waals surface area (Å²) in [7, 11) is -3.64. The fourth-order valence-electron chi connectivity index (χ4n) is 3.74. The van der Waals surface area contributed by atoms with Crippen LogP contribution in [0, 0.1) is 5.92 Å². The van der Waals surface area contributed by atoms with Gasteiger partial charge in [-0.15, -0.1) is 0 Å². The monoisotopic (exact) mass is 395 g/mol. The van der Waals surface area contributed by atoms with Crippen LogP contribution in [0.2, 0.25) is 0 Å². The summed E-state index contributed by atoms with van der Waals surface area (Å²) >= 11 is 0. The molecule has 2 atom stereocenters. The van der Waals surface area contributed by atoms with E-state index in [1.807, 2.05) is 6.92 Å². The molecule has 1 aromatic rings. The van der Waals surface area contributed by atoms with Crippen molar-refractivity contribution in [1.82, 2.24) is 9.62 Å². The second kappa shape index (κ2) is 8.58. The Morgan fingerprint density at radius 3 is 2.74 bits per heavy atom. The maximum Gasteiger partial charge on any atom is 0.246 e. The number of piperidine rings is 1. The molecular formula is C19H29N3O4S. The van der Waals surface area contributed by atoms with Gasteiger partial charge in [0.05, 0.1) is 6.61 Å². The zero-order valence-electron chi connectivity index (χ0n) is 16.0. The Kier molecular flexibility index (Phi) is 6.39. The van der Waals surface area contributed by atoms with Gasteiger partial charge in [0.25, 0.3) is 0 Å². The number of anilines is 1. The third-order valence-electron chi connectivity index (χ3n) is 5.19. The first kappa shape index (κ1) is 20.1. The minimum absolute atomic E-state index is 0.0583. The summed E-state index contributed by atoms with van der Waals surface area (Å²) in [5.74, 6) is 0.210. The van der Waals surface area contributed by atoms with E-state index in [2.05, 4.69) is 17.6 Å². The molecule has 2 saturated heterocycles. The summed E-state index contributed by atoms with van der Waals surface area (Å²) in [5, 5.41) is 6.23. The Bertz CT molecular complexity index is 775. The van der Waals surface area contributed by atoms with Gasteiger partial charge in [-0.1, -0.05) is 0 Å². The molecule has 0 saturated carbocycles. The van der Waals surface area contributed by atoms with Crippen molar-refractivity contribution >= 4 is 21.6 Å². The van der Waals surface area contributed by atoms with Crippen molar-refractivity contribution in [3.8, 4) is 5.75 Å². The molecule has 0 unspecified atom stereocenters. The molecular weight excluding hydrogens is 366 g/mol. The Balaban J connectivity index is 1.83. The van der Waals surface area contributed by atoms with Crippen LogP contribution in [0.3, 0.4) is 0 Å². The van der Waals surface area contributed by atoms with Gasteiger partial charge in [0, 0.05) is 30.7 Å². The first-order valence-electron chi connectivity index (χ1n) is 9.73. The molecule has 0 spiro atoms. The molecule has 0 aromatic heterocycles. The Morgan fingerprint density at radius 2 is 2.07 bits per heavy atom. The zero-order valence-corrected chi connectivity index (χ0v) is 16.8. The third-order valence-corrected chi connectivity index (χ3v) is 7.11. The van der Waals surface area contributed by atoms with E-state index in [-0.39, 0.29) is 16.7 Å². The van der Waals surface area contributed by atoms with E-state index in [1.165, 1.54) is 10.4 Å². The lowest BCUT2D eigenvalue weighted by molar-refractivity contribution is -0.120. The number of carbonyl (C=O) groups excluding carboxylic acids is 1. The van der Waals surface area contributed by atoms with E-state index >= 15 is 0 Å². The van der Waals surface area contributed by atoms with Gasteiger partial charge in [0.15, 0.2) is 0 Å². The first-order chi connectivity index (χ1) is 12.9. The van der Waals surface area contributed by atoms with E-state index in [1.54, 1.807) is 12.1 Å². The number of nitrogens with zero attached hydrogens (tertiary/aromatic N) is 1. The van der Waals surface area contributed by atoms with Crippen molar-refractivity contribution in [2.45, 2.75) is 50.5 Å². The lowest BCUT2D eigenvalue weighted by atomic mass is 9.92. The number of hydrogen-bond donors (Lipinski definition) is 2. The third kappa shape index (κ3) is 4.62. The van der Waals surface area contributed by atoms with Crippen LogP contribution >= 0.6 is 0 Å². The molecule has 7 nitrogen and oxygen atoms in total. The fraction of sp³-hybridized carbons (Fsp3) is 0.632. The largest absolute Gasteiger partial charge is 0.492 e. The highest BCUT2D eigenvalue weighted by molar-refractivity contribution is 7.89. The van der Waals surface area contributed by atoms with Crippen molar-refractivity contribution < 1.29 is 17.9 Å². The number of rotatable bonds is 6. The van der Waals surface area contributed by atoms with Crippen LogP contribution in [0.4, 0.5) is 5.69 Å². The molecule has 1 amide bonds. The van der Waals surface area contributed by atoms with Gasteiger partial charge < -0.3 is 15.4 Å². The number of nitrogens with one attached hydrogen (secondary N) is 2. The number of amides is 1. The van der Waals surface area contributed by atoms with Gasteiger partial charge in [-0.2, -0.15) is 4.31 Å². The van der Waals surface area contributed by atoms with E-state index in [0.717, 1.165) is 32.2 Å². The molecule has 2 aliphatic heterocycles. The highest BCUT2D eigenvalue weighted by Gasteiger charge is 2.31. The Labute approximate surface area is 161 Å². The SMILES string of the molecule is CCOc1ccc(NC(=O)[C@H]2CCN[C@@H](C)C2)cc1S(=O)(=O)N1CCCC1. The van der Waals surface area contributed by atoms with E-state index < -0.39 is 10.0 Å². The van der Waals surface area contributed by atoms with Gasteiger partial charge in [-0.3, -0.25) is 4.79 Å². The van der Waals surface area contributed by atoms with E-state index in [0.29, 0.717) is 37.2 Å². The van der Waals surface area contributed by atoms with Crippen LogP contribution in [-0.4, -0.2) is 50.9 Å². The zero-order chi connectivity index (χ0) is 19.4. The van der Waals surface area contributed by atoms with Crippen LogP contribution < -0.4 is 15.4 Å². The summed E-state index contributed by atoms with van der Waals surface area (Å²) in [6, 6.07) is 5.17. The molecule has 27 heavy (non-hydrogen) atoms. The van der Waals surface area contributed by atoms with Crippen molar-refractivity contribution in [1.29, 1.82) is 0 Å². The minimum atomic E-state index is -3.64. The summed E-state index contributed by atoms with van der Waals surface area (Å²) < 4.78 is 33.1.